The van der Waals surface area contributed by atoms with Gasteiger partial charge in [0, 0.05) is 33.4 Å². The SMILES string of the molecule is CC(=O)NC1CCC(CO)OC1OCCOCCNC(=O)C(N)CCC(=O)NCCOCCOC1OC(CO)C(O)C(O)C1NC(C)=O.CCN. The third-order valence-corrected chi connectivity index (χ3v) is 7.45. The van der Waals surface area contributed by atoms with Gasteiger partial charge in [0.1, 0.15) is 24.4 Å². The first-order chi connectivity index (χ1) is 24.4. The van der Waals surface area contributed by atoms with Gasteiger partial charge in [0.25, 0.3) is 0 Å². The number of aliphatic hydroxyl groups is 4. The second-order valence-electron chi connectivity index (χ2n) is 11.8. The fourth-order valence-corrected chi connectivity index (χ4v) is 4.95. The standard InChI is InChI=1S/C29H53N5O14.C2H7N/c1-17(37)33-21-5-3-19(15-35)47-28(21)45-13-11-44-10-8-32-27(42)20(30)4-6-23(39)31-7-9-43-12-14-46-29-24(34-18(2)38)26(41)25(40)22(16-36)48-29;1-2-3/h19-22,24-26,28-29,35-36,40-41H,3-16,30H2,1-2H3,(H,31,39)(H,32,42)(H,33,37)(H,34,38);2-3H2,1H3. The van der Waals surface area contributed by atoms with E-state index >= 15 is 0 Å². The Morgan fingerprint density at radius 2 is 1.39 bits per heavy atom. The van der Waals surface area contributed by atoms with Crippen molar-refractivity contribution in [2.75, 3.05) is 72.5 Å². The molecule has 2 heterocycles. The van der Waals surface area contributed by atoms with E-state index < -0.39 is 61.4 Å². The summed E-state index contributed by atoms with van der Waals surface area (Å²) in [6.07, 6.45) is -4.73. The van der Waals surface area contributed by atoms with Gasteiger partial charge in [0.15, 0.2) is 12.6 Å². The van der Waals surface area contributed by atoms with Gasteiger partial charge in [-0.2, -0.15) is 0 Å². The number of ether oxygens (including phenoxy) is 6. The van der Waals surface area contributed by atoms with Crippen LogP contribution >= 0.6 is 0 Å². The molecule has 0 radical (unpaired) electrons. The van der Waals surface area contributed by atoms with Crippen LogP contribution in [-0.4, -0.2) is 172 Å². The highest BCUT2D eigenvalue weighted by atomic mass is 16.7. The van der Waals surface area contributed by atoms with Gasteiger partial charge in [-0.05, 0) is 25.8 Å². The van der Waals surface area contributed by atoms with Crippen LogP contribution in [0.4, 0.5) is 0 Å². The van der Waals surface area contributed by atoms with Gasteiger partial charge in [0.05, 0.1) is 71.0 Å². The maximum atomic E-state index is 12.2. The summed E-state index contributed by atoms with van der Waals surface area (Å²) in [5, 5.41) is 49.5. The van der Waals surface area contributed by atoms with E-state index in [9.17, 15) is 39.6 Å². The van der Waals surface area contributed by atoms with Gasteiger partial charge >= 0.3 is 0 Å². The van der Waals surface area contributed by atoms with Gasteiger partial charge in [-0.25, -0.2) is 0 Å². The fourth-order valence-electron chi connectivity index (χ4n) is 4.95. The molecule has 9 atom stereocenters. The Bertz CT molecular complexity index is 1000. The molecule has 2 saturated heterocycles. The van der Waals surface area contributed by atoms with Crippen LogP contribution < -0.4 is 32.7 Å². The number of aliphatic hydroxyl groups excluding tert-OH is 4. The summed E-state index contributed by atoms with van der Waals surface area (Å²) in [5.41, 5.74) is 10.7. The molecule has 51 heavy (non-hydrogen) atoms. The monoisotopic (exact) mass is 740 g/mol. The lowest BCUT2D eigenvalue weighted by molar-refractivity contribution is -0.272. The number of carbonyl (C=O) groups is 4. The minimum Gasteiger partial charge on any atom is -0.394 e. The second-order valence-corrected chi connectivity index (χ2v) is 11.8. The highest BCUT2D eigenvalue weighted by molar-refractivity contribution is 5.83. The van der Waals surface area contributed by atoms with E-state index in [1.54, 1.807) is 0 Å². The zero-order chi connectivity index (χ0) is 38.2. The molecule has 0 bridgehead atoms. The van der Waals surface area contributed by atoms with Crippen molar-refractivity contribution in [3.05, 3.63) is 0 Å². The van der Waals surface area contributed by atoms with Gasteiger partial charge in [-0.15, -0.1) is 0 Å². The number of amides is 4. The molecule has 0 spiro atoms. The number of nitrogens with two attached hydrogens (primary N) is 2. The van der Waals surface area contributed by atoms with E-state index in [1.807, 2.05) is 6.92 Å². The molecule has 2 fully saturated rings. The molecule has 0 aromatic rings. The molecule has 0 aromatic carbocycles. The van der Waals surface area contributed by atoms with Crippen LogP contribution in [0.1, 0.15) is 46.5 Å². The Hall–Kier alpha value is -2.60. The Labute approximate surface area is 298 Å². The first-order valence-electron chi connectivity index (χ1n) is 17.2. The van der Waals surface area contributed by atoms with Crippen molar-refractivity contribution in [3.8, 4) is 0 Å². The summed E-state index contributed by atoms with van der Waals surface area (Å²) >= 11 is 0. The van der Waals surface area contributed by atoms with Crippen LogP contribution in [0.25, 0.3) is 0 Å². The van der Waals surface area contributed by atoms with E-state index in [2.05, 4.69) is 21.3 Å². The topological polar surface area (TPSA) is 305 Å². The molecular weight excluding hydrogens is 680 g/mol. The molecule has 0 saturated carbocycles. The molecule has 298 valence electrons. The smallest absolute Gasteiger partial charge is 0.237 e. The highest BCUT2D eigenvalue weighted by Crippen LogP contribution is 2.22. The number of nitrogens with one attached hydrogen (secondary N) is 4. The average molecular weight is 741 g/mol. The van der Waals surface area contributed by atoms with Crippen molar-refractivity contribution in [3.63, 3.8) is 0 Å². The first kappa shape index (κ1) is 46.4. The predicted molar refractivity (Wildman–Crippen MR) is 179 cm³/mol. The predicted octanol–water partition coefficient (Wildman–Crippen LogP) is -4.70. The van der Waals surface area contributed by atoms with Crippen LogP contribution in [0.15, 0.2) is 0 Å². The minimum absolute atomic E-state index is 0.0000303. The quantitative estimate of drug-likeness (QED) is 0.0467. The molecule has 4 amide bonds. The Morgan fingerprint density at radius 1 is 0.804 bits per heavy atom. The molecule has 20 heteroatoms. The summed E-state index contributed by atoms with van der Waals surface area (Å²) in [4.78, 5) is 47.2. The second kappa shape index (κ2) is 27.1. The normalized spacial score (nSPS) is 26.6. The van der Waals surface area contributed by atoms with Crippen LogP contribution in [-0.2, 0) is 47.6 Å². The summed E-state index contributed by atoms with van der Waals surface area (Å²) in [7, 11) is 0. The molecule has 2 aliphatic heterocycles. The van der Waals surface area contributed by atoms with Crippen molar-refractivity contribution in [1.82, 2.24) is 21.3 Å². The average Bonchev–Trinajstić information content (AvgIpc) is 3.09. The van der Waals surface area contributed by atoms with Gasteiger partial charge < -0.3 is 81.6 Å². The lowest BCUT2D eigenvalue weighted by Gasteiger charge is -2.42. The summed E-state index contributed by atoms with van der Waals surface area (Å²) in [5.74, 6) is -1.41. The van der Waals surface area contributed by atoms with Crippen LogP contribution in [0.5, 0.6) is 0 Å². The summed E-state index contributed by atoms with van der Waals surface area (Å²) in [6.45, 7) is 5.83. The van der Waals surface area contributed by atoms with Crippen molar-refractivity contribution >= 4 is 23.6 Å². The summed E-state index contributed by atoms with van der Waals surface area (Å²) < 4.78 is 33.2. The largest absolute Gasteiger partial charge is 0.394 e. The van der Waals surface area contributed by atoms with Crippen LogP contribution in [0.3, 0.4) is 0 Å². The molecule has 9 unspecified atom stereocenters. The third kappa shape index (κ3) is 19.2. The zero-order valence-corrected chi connectivity index (χ0v) is 29.8. The third-order valence-electron chi connectivity index (χ3n) is 7.45. The minimum atomic E-state index is -1.41. The maximum Gasteiger partial charge on any atom is 0.237 e. The molecule has 2 aliphatic rings. The van der Waals surface area contributed by atoms with E-state index in [0.717, 1.165) is 6.54 Å². The molecular formula is C31H60N6O14. The molecule has 0 aromatic heterocycles. The van der Waals surface area contributed by atoms with Gasteiger partial charge in [-0.3, -0.25) is 19.2 Å². The zero-order valence-electron chi connectivity index (χ0n) is 29.8. The van der Waals surface area contributed by atoms with Crippen molar-refractivity contribution in [2.45, 2.75) is 102 Å². The number of hydrogen-bond donors (Lipinski definition) is 10. The van der Waals surface area contributed by atoms with E-state index in [4.69, 9.17) is 39.9 Å². The fraction of sp³-hybridized carbons (Fsp3) is 0.871. The van der Waals surface area contributed by atoms with Crippen molar-refractivity contribution < 1.29 is 68.0 Å². The highest BCUT2D eigenvalue weighted by Gasteiger charge is 2.45. The van der Waals surface area contributed by atoms with E-state index in [0.29, 0.717) is 12.8 Å². The number of hydrogen-bond acceptors (Lipinski definition) is 16. The van der Waals surface area contributed by atoms with Crippen LogP contribution in [0.2, 0.25) is 0 Å². The lowest BCUT2D eigenvalue weighted by atomic mass is 9.97. The van der Waals surface area contributed by atoms with E-state index in [-0.39, 0.29) is 96.1 Å². The Kier molecular flexibility index (Phi) is 24.6. The molecule has 0 aliphatic carbocycles. The van der Waals surface area contributed by atoms with Crippen molar-refractivity contribution in [2.24, 2.45) is 11.5 Å². The Balaban J connectivity index is 0.00000418. The van der Waals surface area contributed by atoms with Crippen molar-refractivity contribution in [1.29, 1.82) is 0 Å². The maximum absolute atomic E-state index is 12.2. The van der Waals surface area contributed by atoms with Gasteiger partial charge in [-0.1, -0.05) is 6.92 Å². The van der Waals surface area contributed by atoms with E-state index in [1.165, 1.54) is 13.8 Å². The Morgan fingerprint density at radius 3 is 1.96 bits per heavy atom. The first-order valence-corrected chi connectivity index (χ1v) is 17.2. The molecule has 20 nitrogen and oxygen atoms in total. The molecule has 12 N–H and O–H groups in total. The lowest BCUT2D eigenvalue weighted by Crippen LogP contribution is -2.64. The van der Waals surface area contributed by atoms with Gasteiger partial charge in [0.2, 0.25) is 23.6 Å². The number of carbonyl (C=O) groups excluding carboxylic acids is 4. The number of rotatable bonds is 22. The molecule has 2 rings (SSSR count). The van der Waals surface area contributed by atoms with Crippen LogP contribution in [0, 0.1) is 0 Å². The summed E-state index contributed by atoms with van der Waals surface area (Å²) in [6, 6.07) is -2.27.